The van der Waals surface area contributed by atoms with E-state index in [4.69, 9.17) is 9.52 Å². The number of aromatic carboxylic acids is 1. The topological polar surface area (TPSA) is 94.0 Å². The molecule has 0 saturated carbocycles. The van der Waals surface area contributed by atoms with Crippen LogP contribution in [0.5, 0.6) is 0 Å². The second-order valence-electron chi connectivity index (χ2n) is 4.07. The number of carboxylic acids is 1. The summed E-state index contributed by atoms with van der Waals surface area (Å²) in [7, 11) is 0. The molecule has 1 aromatic carbocycles. The van der Waals surface area contributed by atoms with Crippen LogP contribution in [-0.2, 0) is 5.75 Å². The van der Waals surface area contributed by atoms with E-state index in [0.717, 1.165) is 5.69 Å². The lowest BCUT2D eigenvalue weighted by Gasteiger charge is -2.02. The molecule has 3 aromatic rings. The van der Waals surface area contributed by atoms with Gasteiger partial charge >= 0.3 is 5.97 Å². The fourth-order valence-electron chi connectivity index (χ4n) is 1.71. The van der Waals surface area contributed by atoms with Gasteiger partial charge in [-0.2, -0.15) is 4.68 Å². The van der Waals surface area contributed by atoms with Gasteiger partial charge in [-0.15, -0.1) is 5.10 Å². The van der Waals surface area contributed by atoms with Crippen molar-refractivity contribution in [1.29, 1.82) is 0 Å². The Morgan fingerprint density at radius 3 is 2.76 bits per heavy atom. The number of nitrogens with zero attached hydrogens (tertiary/aromatic N) is 4. The average molecular weight is 302 g/mol. The number of aromatic nitrogens is 4. The molecule has 0 saturated heterocycles. The van der Waals surface area contributed by atoms with Crippen molar-refractivity contribution in [3.8, 4) is 5.69 Å². The molecule has 3 rings (SSSR count). The third kappa shape index (κ3) is 2.95. The molecule has 0 fully saturated rings. The number of hydrogen-bond donors (Lipinski definition) is 1. The van der Waals surface area contributed by atoms with Gasteiger partial charge in [0, 0.05) is 0 Å². The predicted octanol–water partition coefficient (Wildman–Crippen LogP) is 2.25. The number of rotatable bonds is 5. The normalized spacial score (nSPS) is 10.7. The first-order chi connectivity index (χ1) is 10.2. The molecule has 0 radical (unpaired) electrons. The summed E-state index contributed by atoms with van der Waals surface area (Å²) in [6, 6.07) is 12.6. The third-order valence-electron chi connectivity index (χ3n) is 2.66. The molecule has 0 atom stereocenters. The van der Waals surface area contributed by atoms with Gasteiger partial charge in [0.1, 0.15) is 5.76 Å². The minimum Gasteiger partial charge on any atom is -0.475 e. The summed E-state index contributed by atoms with van der Waals surface area (Å²) in [6.07, 6.45) is 0. The molecule has 7 nitrogen and oxygen atoms in total. The molecule has 0 aliphatic carbocycles. The van der Waals surface area contributed by atoms with Gasteiger partial charge in [-0.1, -0.05) is 30.0 Å². The molecule has 0 bridgehead atoms. The summed E-state index contributed by atoms with van der Waals surface area (Å²) in [5.41, 5.74) is 0.857. The van der Waals surface area contributed by atoms with Crippen LogP contribution in [0.1, 0.15) is 16.3 Å². The second kappa shape index (κ2) is 5.80. The molecule has 2 aromatic heterocycles. The number of furan rings is 1. The van der Waals surface area contributed by atoms with E-state index in [-0.39, 0.29) is 5.76 Å². The highest BCUT2D eigenvalue weighted by Crippen LogP contribution is 2.23. The Morgan fingerprint density at radius 1 is 1.24 bits per heavy atom. The first-order valence-electron chi connectivity index (χ1n) is 6.02. The maximum Gasteiger partial charge on any atom is 0.371 e. The van der Waals surface area contributed by atoms with E-state index in [1.165, 1.54) is 17.8 Å². The zero-order valence-electron chi connectivity index (χ0n) is 10.7. The third-order valence-corrected chi connectivity index (χ3v) is 3.60. The molecule has 0 unspecified atom stereocenters. The highest BCUT2D eigenvalue weighted by molar-refractivity contribution is 7.98. The molecule has 0 aliphatic heterocycles. The zero-order valence-corrected chi connectivity index (χ0v) is 11.5. The number of thioether (sulfide) groups is 1. The van der Waals surface area contributed by atoms with Gasteiger partial charge in [0.2, 0.25) is 10.9 Å². The van der Waals surface area contributed by atoms with Crippen molar-refractivity contribution in [2.45, 2.75) is 10.9 Å². The SMILES string of the molecule is O=C(O)c1ccc(CSc2nnnn2-c2ccccc2)o1. The van der Waals surface area contributed by atoms with E-state index < -0.39 is 5.97 Å². The van der Waals surface area contributed by atoms with Crippen LogP contribution in [-0.4, -0.2) is 31.3 Å². The molecule has 0 aliphatic rings. The first-order valence-corrected chi connectivity index (χ1v) is 7.01. The number of carbonyl (C=O) groups is 1. The van der Waals surface area contributed by atoms with E-state index in [1.807, 2.05) is 30.3 Å². The fourth-order valence-corrected chi connectivity index (χ4v) is 2.49. The fraction of sp³-hybridized carbons (Fsp3) is 0.0769. The van der Waals surface area contributed by atoms with Crippen LogP contribution in [0.25, 0.3) is 5.69 Å². The van der Waals surface area contributed by atoms with Crippen LogP contribution in [0.4, 0.5) is 0 Å². The van der Waals surface area contributed by atoms with Crippen molar-refractivity contribution in [1.82, 2.24) is 20.2 Å². The van der Waals surface area contributed by atoms with Crippen molar-refractivity contribution in [2.75, 3.05) is 0 Å². The van der Waals surface area contributed by atoms with Crippen molar-refractivity contribution in [2.24, 2.45) is 0 Å². The lowest BCUT2D eigenvalue weighted by atomic mass is 10.3. The quantitative estimate of drug-likeness (QED) is 0.722. The van der Waals surface area contributed by atoms with E-state index >= 15 is 0 Å². The summed E-state index contributed by atoms with van der Waals surface area (Å²) < 4.78 is 6.81. The number of hydrogen-bond acceptors (Lipinski definition) is 6. The van der Waals surface area contributed by atoms with Crippen LogP contribution in [0.2, 0.25) is 0 Å². The van der Waals surface area contributed by atoms with E-state index in [2.05, 4.69) is 15.5 Å². The summed E-state index contributed by atoms with van der Waals surface area (Å²) in [6.45, 7) is 0. The van der Waals surface area contributed by atoms with Crippen LogP contribution < -0.4 is 0 Å². The van der Waals surface area contributed by atoms with Crippen LogP contribution in [0.15, 0.2) is 52.0 Å². The van der Waals surface area contributed by atoms with Crippen molar-refractivity contribution < 1.29 is 14.3 Å². The number of tetrazole rings is 1. The molecule has 0 spiro atoms. The number of para-hydroxylation sites is 1. The summed E-state index contributed by atoms with van der Waals surface area (Å²) >= 11 is 1.37. The second-order valence-corrected chi connectivity index (χ2v) is 5.01. The van der Waals surface area contributed by atoms with E-state index in [1.54, 1.807) is 10.7 Å². The Bertz CT molecular complexity index is 754. The molecule has 8 heteroatoms. The number of carboxylic acid groups (broad SMARTS) is 1. The summed E-state index contributed by atoms with van der Waals surface area (Å²) in [5, 5.41) is 21.0. The molecule has 106 valence electrons. The highest BCUT2D eigenvalue weighted by Gasteiger charge is 2.12. The summed E-state index contributed by atoms with van der Waals surface area (Å²) in [5.74, 6) is -0.158. The Kier molecular flexibility index (Phi) is 3.69. The van der Waals surface area contributed by atoms with E-state index in [0.29, 0.717) is 16.7 Å². The minimum absolute atomic E-state index is 0.0757. The molecule has 1 N–H and O–H groups in total. The van der Waals surface area contributed by atoms with Crippen LogP contribution >= 0.6 is 11.8 Å². The van der Waals surface area contributed by atoms with E-state index in [9.17, 15) is 4.79 Å². The van der Waals surface area contributed by atoms with Gasteiger partial charge in [0.15, 0.2) is 0 Å². The lowest BCUT2D eigenvalue weighted by molar-refractivity contribution is 0.0661. The van der Waals surface area contributed by atoms with Crippen molar-refractivity contribution >= 4 is 17.7 Å². The van der Waals surface area contributed by atoms with Crippen molar-refractivity contribution in [3.63, 3.8) is 0 Å². The minimum atomic E-state index is -1.08. The van der Waals surface area contributed by atoms with Crippen LogP contribution in [0, 0.1) is 0 Å². The van der Waals surface area contributed by atoms with Gasteiger partial charge in [0.25, 0.3) is 0 Å². The highest BCUT2D eigenvalue weighted by atomic mass is 32.2. The average Bonchev–Trinajstić information content (AvgIpc) is 3.15. The van der Waals surface area contributed by atoms with Crippen LogP contribution in [0.3, 0.4) is 0 Å². The Hall–Kier alpha value is -2.61. The van der Waals surface area contributed by atoms with Gasteiger partial charge < -0.3 is 9.52 Å². The zero-order chi connectivity index (χ0) is 14.7. The van der Waals surface area contributed by atoms with Gasteiger partial charge in [-0.3, -0.25) is 0 Å². The first kappa shape index (κ1) is 13.4. The van der Waals surface area contributed by atoms with Gasteiger partial charge in [0.05, 0.1) is 11.4 Å². The monoisotopic (exact) mass is 302 g/mol. The molecule has 21 heavy (non-hydrogen) atoms. The molecular weight excluding hydrogens is 292 g/mol. The molecular formula is C13H10N4O3S. The van der Waals surface area contributed by atoms with Gasteiger partial charge in [-0.25, -0.2) is 4.79 Å². The smallest absolute Gasteiger partial charge is 0.371 e. The van der Waals surface area contributed by atoms with Crippen molar-refractivity contribution in [3.05, 3.63) is 54.0 Å². The number of benzene rings is 1. The Morgan fingerprint density at radius 2 is 2.05 bits per heavy atom. The standard InChI is InChI=1S/C13H10N4O3S/c18-12(19)11-7-6-10(20-11)8-21-13-14-15-16-17(13)9-4-2-1-3-5-9/h1-7H,8H2,(H,18,19). The van der Waals surface area contributed by atoms with Gasteiger partial charge in [-0.05, 0) is 34.7 Å². The molecule has 2 heterocycles. The molecule has 0 amide bonds. The Balaban J connectivity index is 1.74. The largest absolute Gasteiger partial charge is 0.475 e. The predicted molar refractivity (Wildman–Crippen MR) is 74.4 cm³/mol. The Labute approximate surface area is 123 Å². The maximum atomic E-state index is 10.7. The summed E-state index contributed by atoms with van der Waals surface area (Å²) in [4.78, 5) is 10.7. The lowest BCUT2D eigenvalue weighted by Crippen LogP contribution is -1.98. The maximum absolute atomic E-state index is 10.7.